The number of benzene rings is 2. The molecule has 5 heteroatoms. The Balaban J connectivity index is 2.41. The first-order chi connectivity index (χ1) is 9.02. The van der Waals surface area contributed by atoms with Crippen molar-refractivity contribution in [3.05, 3.63) is 61.1 Å². The Morgan fingerprint density at radius 2 is 1.84 bits per heavy atom. The highest BCUT2D eigenvalue weighted by Gasteiger charge is 2.16. The molecule has 0 spiro atoms. The van der Waals surface area contributed by atoms with Gasteiger partial charge in [-0.2, -0.15) is 0 Å². The van der Waals surface area contributed by atoms with Gasteiger partial charge < -0.3 is 4.74 Å². The first-order valence-corrected chi connectivity index (χ1v) is 7.72. The molecule has 2 aromatic rings. The molecule has 19 heavy (non-hydrogen) atoms. The molecule has 0 heterocycles. The Hall–Kier alpha value is -0.160. The molecule has 0 radical (unpaired) electrons. The van der Waals surface area contributed by atoms with Crippen molar-refractivity contribution >= 4 is 57.4 Å². The molecule has 0 aliphatic carbocycles. The highest BCUT2D eigenvalue weighted by atomic mass is 127. The second-order valence-corrected chi connectivity index (χ2v) is 6.36. The van der Waals surface area contributed by atoms with Crippen molar-refractivity contribution in [2.45, 2.75) is 5.38 Å². The largest absolute Gasteiger partial charge is 0.495 e. The maximum Gasteiger partial charge on any atom is 0.137 e. The molecule has 0 bridgehead atoms. The average Bonchev–Trinajstić information content (AvgIpc) is 2.40. The number of methoxy groups -OCH3 is 1. The summed E-state index contributed by atoms with van der Waals surface area (Å²) in [4.78, 5) is 0. The third-order valence-electron chi connectivity index (χ3n) is 2.70. The van der Waals surface area contributed by atoms with Gasteiger partial charge in [-0.1, -0.05) is 29.3 Å². The molecule has 0 fully saturated rings. The highest BCUT2D eigenvalue weighted by Crippen LogP contribution is 2.36. The zero-order valence-corrected chi connectivity index (χ0v) is 14.4. The van der Waals surface area contributed by atoms with E-state index in [1.807, 2.05) is 36.4 Å². The standard InChI is InChI=1S/C14H10Cl3IO/c1-19-13-5-2-8(6-11(13)16)14(17)10-7-9(15)3-4-12(10)18/h2-7,14H,1H3. The summed E-state index contributed by atoms with van der Waals surface area (Å²) in [6.07, 6.45) is 0. The number of hydrogen-bond donors (Lipinski definition) is 0. The summed E-state index contributed by atoms with van der Waals surface area (Å²) >= 11 is 20.9. The van der Waals surface area contributed by atoms with Crippen LogP contribution < -0.4 is 4.74 Å². The maximum absolute atomic E-state index is 6.51. The van der Waals surface area contributed by atoms with Crippen LogP contribution in [0.15, 0.2) is 36.4 Å². The Kier molecular flexibility index (Phi) is 5.23. The normalized spacial score (nSPS) is 12.3. The van der Waals surface area contributed by atoms with E-state index < -0.39 is 0 Å². The lowest BCUT2D eigenvalue weighted by Crippen LogP contribution is -1.97. The van der Waals surface area contributed by atoms with Gasteiger partial charge in [0.05, 0.1) is 17.5 Å². The van der Waals surface area contributed by atoms with Crippen LogP contribution in [0.4, 0.5) is 0 Å². The Labute approximate surface area is 141 Å². The van der Waals surface area contributed by atoms with Crippen LogP contribution in [0.25, 0.3) is 0 Å². The van der Waals surface area contributed by atoms with Crippen LogP contribution in [0, 0.1) is 3.57 Å². The number of alkyl halides is 1. The summed E-state index contributed by atoms with van der Waals surface area (Å²) in [5.41, 5.74) is 1.88. The van der Waals surface area contributed by atoms with Gasteiger partial charge in [0, 0.05) is 8.59 Å². The van der Waals surface area contributed by atoms with Gasteiger partial charge in [0.1, 0.15) is 5.75 Å². The molecule has 0 aromatic heterocycles. The van der Waals surface area contributed by atoms with Crippen molar-refractivity contribution in [3.8, 4) is 5.75 Å². The zero-order chi connectivity index (χ0) is 14.0. The Bertz CT molecular complexity index is 601. The number of rotatable bonds is 3. The second-order valence-electron chi connectivity index (χ2n) is 3.92. The van der Waals surface area contributed by atoms with Crippen LogP contribution in [-0.4, -0.2) is 7.11 Å². The van der Waals surface area contributed by atoms with Crippen molar-refractivity contribution in [2.24, 2.45) is 0 Å². The van der Waals surface area contributed by atoms with Gasteiger partial charge in [0.2, 0.25) is 0 Å². The number of hydrogen-bond acceptors (Lipinski definition) is 1. The molecule has 0 saturated heterocycles. The van der Waals surface area contributed by atoms with E-state index in [0.29, 0.717) is 15.8 Å². The van der Waals surface area contributed by atoms with E-state index in [9.17, 15) is 0 Å². The molecule has 0 N–H and O–H groups in total. The van der Waals surface area contributed by atoms with E-state index in [0.717, 1.165) is 14.7 Å². The van der Waals surface area contributed by atoms with Gasteiger partial charge >= 0.3 is 0 Å². The lowest BCUT2D eigenvalue weighted by atomic mass is 10.0. The molecule has 0 aliphatic heterocycles. The van der Waals surface area contributed by atoms with Crippen LogP contribution in [0.2, 0.25) is 10.0 Å². The van der Waals surface area contributed by atoms with Gasteiger partial charge in [-0.05, 0) is 64.0 Å². The number of ether oxygens (including phenoxy) is 1. The van der Waals surface area contributed by atoms with E-state index in [-0.39, 0.29) is 5.38 Å². The third kappa shape index (κ3) is 3.48. The minimum atomic E-state index is -0.297. The minimum absolute atomic E-state index is 0.297. The minimum Gasteiger partial charge on any atom is -0.495 e. The van der Waals surface area contributed by atoms with Crippen LogP contribution in [0.5, 0.6) is 5.75 Å². The SMILES string of the molecule is COc1ccc(C(Cl)c2cc(Cl)ccc2I)cc1Cl. The summed E-state index contributed by atoms with van der Waals surface area (Å²) in [6.45, 7) is 0. The quantitative estimate of drug-likeness (QED) is 0.435. The molecule has 0 saturated carbocycles. The van der Waals surface area contributed by atoms with Crippen molar-refractivity contribution in [3.63, 3.8) is 0 Å². The first-order valence-electron chi connectivity index (χ1n) is 5.45. The summed E-state index contributed by atoms with van der Waals surface area (Å²) in [7, 11) is 1.58. The van der Waals surface area contributed by atoms with Crippen LogP contribution in [0.3, 0.4) is 0 Å². The van der Waals surface area contributed by atoms with E-state index in [1.54, 1.807) is 7.11 Å². The van der Waals surface area contributed by atoms with Crippen molar-refractivity contribution < 1.29 is 4.74 Å². The predicted molar refractivity (Wildman–Crippen MR) is 89.9 cm³/mol. The van der Waals surface area contributed by atoms with Crippen molar-refractivity contribution in [2.75, 3.05) is 7.11 Å². The summed E-state index contributed by atoms with van der Waals surface area (Å²) in [5, 5.41) is 0.914. The molecule has 2 aromatic carbocycles. The monoisotopic (exact) mass is 426 g/mol. The smallest absolute Gasteiger partial charge is 0.137 e. The van der Waals surface area contributed by atoms with Crippen molar-refractivity contribution in [1.82, 2.24) is 0 Å². The van der Waals surface area contributed by atoms with Gasteiger partial charge in [-0.15, -0.1) is 11.6 Å². The molecule has 2 rings (SSSR count). The van der Waals surface area contributed by atoms with E-state index >= 15 is 0 Å². The molecule has 0 amide bonds. The maximum atomic E-state index is 6.51. The molecule has 100 valence electrons. The summed E-state index contributed by atoms with van der Waals surface area (Å²) in [6, 6.07) is 11.2. The zero-order valence-electron chi connectivity index (χ0n) is 9.96. The van der Waals surface area contributed by atoms with Crippen LogP contribution in [-0.2, 0) is 0 Å². The third-order valence-corrected chi connectivity index (χ3v) is 4.70. The van der Waals surface area contributed by atoms with Crippen LogP contribution >= 0.6 is 57.4 Å². The van der Waals surface area contributed by atoms with E-state index in [1.165, 1.54) is 0 Å². The van der Waals surface area contributed by atoms with Crippen molar-refractivity contribution in [1.29, 1.82) is 0 Å². The second kappa shape index (κ2) is 6.53. The van der Waals surface area contributed by atoms with Gasteiger partial charge in [0.25, 0.3) is 0 Å². The lowest BCUT2D eigenvalue weighted by molar-refractivity contribution is 0.415. The lowest BCUT2D eigenvalue weighted by Gasteiger charge is -2.14. The van der Waals surface area contributed by atoms with E-state index in [4.69, 9.17) is 39.5 Å². The molecule has 1 atom stereocenters. The predicted octanol–water partition coefficient (Wildman–Crippen LogP) is 5.93. The fourth-order valence-electron chi connectivity index (χ4n) is 1.73. The molecule has 1 nitrogen and oxygen atoms in total. The van der Waals surface area contributed by atoms with Gasteiger partial charge in [-0.25, -0.2) is 0 Å². The fraction of sp³-hybridized carbons (Fsp3) is 0.143. The Morgan fingerprint density at radius 3 is 2.47 bits per heavy atom. The van der Waals surface area contributed by atoms with Crippen LogP contribution in [0.1, 0.15) is 16.5 Å². The molecule has 0 aliphatic rings. The van der Waals surface area contributed by atoms with E-state index in [2.05, 4.69) is 22.6 Å². The van der Waals surface area contributed by atoms with Gasteiger partial charge in [0.15, 0.2) is 0 Å². The summed E-state index contributed by atoms with van der Waals surface area (Å²) in [5.74, 6) is 0.634. The highest BCUT2D eigenvalue weighted by molar-refractivity contribution is 14.1. The topological polar surface area (TPSA) is 9.23 Å². The molecular weight excluding hydrogens is 417 g/mol. The average molecular weight is 427 g/mol. The number of halogens is 4. The fourth-order valence-corrected chi connectivity index (χ4v) is 3.32. The molecule has 1 unspecified atom stereocenters. The summed E-state index contributed by atoms with van der Waals surface area (Å²) < 4.78 is 6.19. The molecular formula is C14H10Cl3IO. The Morgan fingerprint density at radius 1 is 1.11 bits per heavy atom. The first kappa shape index (κ1) is 15.2. The van der Waals surface area contributed by atoms with Gasteiger partial charge in [-0.3, -0.25) is 0 Å².